The lowest BCUT2D eigenvalue weighted by Crippen LogP contribution is -2.49. The third-order valence-corrected chi connectivity index (χ3v) is 4.57. The Morgan fingerprint density at radius 3 is 2.83 bits per heavy atom. The molecule has 1 aromatic carbocycles. The zero-order chi connectivity index (χ0) is 16.0. The molecule has 1 fully saturated rings. The van der Waals surface area contributed by atoms with E-state index >= 15 is 0 Å². The maximum Gasteiger partial charge on any atom is 0.258 e. The van der Waals surface area contributed by atoms with Crippen molar-refractivity contribution in [3.05, 3.63) is 58.4 Å². The highest BCUT2D eigenvalue weighted by Crippen LogP contribution is 2.29. The van der Waals surface area contributed by atoms with Gasteiger partial charge in [0, 0.05) is 19.3 Å². The second kappa shape index (κ2) is 5.31. The summed E-state index contributed by atoms with van der Waals surface area (Å²) in [4.78, 5) is 22.0. The SMILES string of the molecule is Cc1cnn(C2CN([C@H](C)c3nc4ccccc4c(=O)[nH]3)C2)c1. The summed E-state index contributed by atoms with van der Waals surface area (Å²) in [6, 6.07) is 7.93. The number of nitrogens with one attached hydrogen (secondary N) is 1. The van der Waals surface area contributed by atoms with Crippen molar-refractivity contribution < 1.29 is 0 Å². The van der Waals surface area contributed by atoms with Gasteiger partial charge in [-0.05, 0) is 31.5 Å². The molecule has 1 N–H and O–H groups in total. The normalized spacial score (nSPS) is 17.3. The van der Waals surface area contributed by atoms with Crippen LogP contribution >= 0.6 is 0 Å². The average molecular weight is 309 g/mol. The molecular weight excluding hydrogens is 290 g/mol. The Morgan fingerprint density at radius 1 is 1.30 bits per heavy atom. The fourth-order valence-electron chi connectivity index (χ4n) is 3.08. The van der Waals surface area contributed by atoms with Gasteiger partial charge in [-0.3, -0.25) is 14.4 Å². The van der Waals surface area contributed by atoms with Crippen molar-refractivity contribution in [2.75, 3.05) is 13.1 Å². The van der Waals surface area contributed by atoms with Gasteiger partial charge in [0.2, 0.25) is 0 Å². The Labute approximate surface area is 133 Å². The molecule has 6 nitrogen and oxygen atoms in total. The molecule has 1 atom stereocenters. The van der Waals surface area contributed by atoms with E-state index in [0.29, 0.717) is 11.4 Å². The van der Waals surface area contributed by atoms with Crippen molar-refractivity contribution in [2.24, 2.45) is 0 Å². The van der Waals surface area contributed by atoms with Crippen molar-refractivity contribution in [1.29, 1.82) is 0 Å². The van der Waals surface area contributed by atoms with Gasteiger partial charge in [0.15, 0.2) is 0 Å². The van der Waals surface area contributed by atoms with Gasteiger partial charge < -0.3 is 4.98 Å². The number of rotatable bonds is 3. The summed E-state index contributed by atoms with van der Waals surface area (Å²) < 4.78 is 2.02. The van der Waals surface area contributed by atoms with Crippen LogP contribution < -0.4 is 5.56 Å². The zero-order valence-electron chi connectivity index (χ0n) is 13.2. The molecule has 0 amide bonds. The van der Waals surface area contributed by atoms with E-state index in [0.717, 1.165) is 24.4 Å². The van der Waals surface area contributed by atoms with Crippen LogP contribution in [-0.4, -0.2) is 37.7 Å². The largest absolute Gasteiger partial charge is 0.309 e. The van der Waals surface area contributed by atoms with E-state index in [-0.39, 0.29) is 11.6 Å². The highest BCUT2D eigenvalue weighted by molar-refractivity contribution is 5.77. The number of H-pyrrole nitrogens is 1. The molecule has 3 aromatic rings. The first-order valence-corrected chi connectivity index (χ1v) is 7.85. The Balaban J connectivity index is 1.54. The number of likely N-dealkylation sites (tertiary alicyclic amines) is 1. The standard InChI is InChI=1S/C17H19N5O/c1-11-7-18-22(8-11)13-9-21(10-13)12(2)16-19-15-6-4-3-5-14(15)17(23)20-16/h3-8,12-13H,9-10H2,1-2H3,(H,19,20,23)/t12-/m1/s1. The van der Waals surface area contributed by atoms with Crippen molar-refractivity contribution in [1.82, 2.24) is 24.6 Å². The minimum absolute atomic E-state index is 0.0720. The lowest BCUT2D eigenvalue weighted by atomic mass is 10.1. The van der Waals surface area contributed by atoms with E-state index in [4.69, 9.17) is 0 Å². The van der Waals surface area contributed by atoms with Crippen LogP contribution in [0.4, 0.5) is 0 Å². The molecule has 0 radical (unpaired) electrons. The number of aromatic amines is 1. The van der Waals surface area contributed by atoms with Crippen LogP contribution in [0.1, 0.15) is 30.4 Å². The minimum atomic E-state index is -0.0720. The van der Waals surface area contributed by atoms with Crippen LogP contribution in [0.3, 0.4) is 0 Å². The molecule has 23 heavy (non-hydrogen) atoms. The summed E-state index contributed by atoms with van der Waals surface area (Å²) in [5.74, 6) is 0.726. The number of fused-ring (bicyclic) bond motifs is 1. The number of benzene rings is 1. The molecule has 3 heterocycles. The summed E-state index contributed by atoms with van der Waals surface area (Å²) in [6.45, 7) is 5.96. The predicted octanol–water partition coefficient (Wildman–Crippen LogP) is 2.05. The highest BCUT2D eigenvalue weighted by atomic mass is 16.1. The number of para-hydroxylation sites is 1. The summed E-state index contributed by atoms with van der Waals surface area (Å²) in [5.41, 5.74) is 1.85. The van der Waals surface area contributed by atoms with Crippen LogP contribution in [0.15, 0.2) is 41.5 Å². The Kier molecular flexibility index (Phi) is 3.27. The van der Waals surface area contributed by atoms with E-state index in [1.807, 2.05) is 36.0 Å². The summed E-state index contributed by atoms with van der Waals surface area (Å²) in [7, 11) is 0. The van der Waals surface area contributed by atoms with Crippen molar-refractivity contribution in [3.8, 4) is 0 Å². The quantitative estimate of drug-likeness (QED) is 0.804. The van der Waals surface area contributed by atoms with Gasteiger partial charge in [0.1, 0.15) is 5.82 Å². The first kappa shape index (κ1) is 14.1. The van der Waals surface area contributed by atoms with Crippen LogP contribution in [0.25, 0.3) is 10.9 Å². The lowest BCUT2D eigenvalue weighted by molar-refractivity contribution is 0.0561. The van der Waals surface area contributed by atoms with Crippen molar-refractivity contribution in [3.63, 3.8) is 0 Å². The topological polar surface area (TPSA) is 66.8 Å². The van der Waals surface area contributed by atoms with Gasteiger partial charge in [-0.2, -0.15) is 5.10 Å². The molecule has 0 bridgehead atoms. The number of aromatic nitrogens is 4. The lowest BCUT2D eigenvalue weighted by Gasteiger charge is -2.42. The molecule has 0 spiro atoms. The molecule has 118 valence electrons. The molecule has 1 aliphatic rings. The molecule has 1 saturated heterocycles. The molecule has 0 saturated carbocycles. The summed E-state index contributed by atoms with van der Waals surface area (Å²) >= 11 is 0. The van der Waals surface area contributed by atoms with Gasteiger partial charge in [0.05, 0.1) is 29.2 Å². The van der Waals surface area contributed by atoms with Gasteiger partial charge in [-0.1, -0.05) is 12.1 Å². The van der Waals surface area contributed by atoms with Gasteiger partial charge in [0.25, 0.3) is 5.56 Å². The van der Waals surface area contributed by atoms with E-state index in [9.17, 15) is 4.79 Å². The van der Waals surface area contributed by atoms with Crippen molar-refractivity contribution in [2.45, 2.75) is 25.9 Å². The molecule has 1 aliphatic heterocycles. The predicted molar refractivity (Wildman–Crippen MR) is 88.4 cm³/mol. The number of aryl methyl sites for hydroxylation is 1. The minimum Gasteiger partial charge on any atom is -0.309 e. The van der Waals surface area contributed by atoms with E-state index in [2.05, 4.69) is 33.1 Å². The molecule has 0 aliphatic carbocycles. The molecular formula is C17H19N5O. The third-order valence-electron chi connectivity index (χ3n) is 4.57. The van der Waals surface area contributed by atoms with Gasteiger partial charge in [-0.15, -0.1) is 0 Å². The third kappa shape index (κ3) is 2.45. The highest BCUT2D eigenvalue weighted by Gasteiger charge is 2.33. The Morgan fingerprint density at radius 2 is 2.09 bits per heavy atom. The summed E-state index contributed by atoms with van der Waals surface area (Å²) in [6.07, 6.45) is 3.96. The second-order valence-electron chi connectivity index (χ2n) is 6.25. The van der Waals surface area contributed by atoms with Crippen molar-refractivity contribution >= 4 is 10.9 Å². The first-order chi connectivity index (χ1) is 11.1. The fraction of sp³-hybridized carbons (Fsp3) is 0.353. The second-order valence-corrected chi connectivity index (χ2v) is 6.25. The fourth-order valence-corrected chi connectivity index (χ4v) is 3.08. The molecule has 0 unspecified atom stereocenters. The Bertz CT molecular complexity index is 906. The summed E-state index contributed by atoms with van der Waals surface area (Å²) in [5, 5.41) is 5.01. The van der Waals surface area contributed by atoms with Gasteiger partial charge >= 0.3 is 0 Å². The van der Waals surface area contributed by atoms with Crippen LogP contribution in [0.2, 0.25) is 0 Å². The zero-order valence-corrected chi connectivity index (χ0v) is 13.2. The molecule has 4 rings (SSSR count). The van der Waals surface area contributed by atoms with E-state index < -0.39 is 0 Å². The maximum absolute atomic E-state index is 12.2. The molecule has 6 heteroatoms. The van der Waals surface area contributed by atoms with E-state index in [1.54, 1.807) is 6.07 Å². The first-order valence-electron chi connectivity index (χ1n) is 7.85. The molecule has 2 aromatic heterocycles. The smallest absolute Gasteiger partial charge is 0.258 e. The van der Waals surface area contributed by atoms with E-state index in [1.165, 1.54) is 5.56 Å². The van der Waals surface area contributed by atoms with Crippen LogP contribution in [0, 0.1) is 6.92 Å². The van der Waals surface area contributed by atoms with Crippen LogP contribution in [-0.2, 0) is 0 Å². The number of hydrogen-bond donors (Lipinski definition) is 1. The number of nitrogens with zero attached hydrogens (tertiary/aromatic N) is 4. The average Bonchev–Trinajstić information content (AvgIpc) is 2.92. The Hall–Kier alpha value is -2.47. The monoisotopic (exact) mass is 309 g/mol. The van der Waals surface area contributed by atoms with Crippen LogP contribution in [0.5, 0.6) is 0 Å². The van der Waals surface area contributed by atoms with Gasteiger partial charge in [-0.25, -0.2) is 4.98 Å². The maximum atomic E-state index is 12.2. The number of hydrogen-bond acceptors (Lipinski definition) is 4.